The van der Waals surface area contributed by atoms with Gasteiger partial charge in [0, 0.05) is 44.2 Å². The zero-order valence-electron chi connectivity index (χ0n) is 17.3. The second kappa shape index (κ2) is 8.07. The highest BCUT2D eigenvalue weighted by Crippen LogP contribution is 2.39. The Hall–Kier alpha value is -1.79. The van der Waals surface area contributed by atoms with Crippen molar-refractivity contribution in [1.29, 1.82) is 0 Å². The Bertz CT molecular complexity index is 672. The molecule has 2 heterocycles. The molecule has 0 aliphatic carbocycles. The molecule has 6 nitrogen and oxygen atoms in total. The molecule has 1 saturated heterocycles. The van der Waals surface area contributed by atoms with Crippen molar-refractivity contribution < 1.29 is 9.47 Å². The highest BCUT2D eigenvalue weighted by molar-refractivity contribution is 5.80. The average Bonchev–Trinajstić information content (AvgIpc) is 2.61. The van der Waals surface area contributed by atoms with E-state index in [1.807, 2.05) is 19.2 Å². The normalized spacial score (nSPS) is 24.6. The van der Waals surface area contributed by atoms with Crippen LogP contribution in [0.25, 0.3) is 0 Å². The molecule has 1 unspecified atom stereocenters. The summed E-state index contributed by atoms with van der Waals surface area (Å²) < 4.78 is 11.7. The molecule has 1 aromatic rings. The predicted molar refractivity (Wildman–Crippen MR) is 109 cm³/mol. The van der Waals surface area contributed by atoms with E-state index in [4.69, 9.17) is 9.47 Å². The summed E-state index contributed by atoms with van der Waals surface area (Å²) >= 11 is 0. The van der Waals surface area contributed by atoms with Crippen molar-refractivity contribution >= 4 is 5.96 Å². The monoisotopic (exact) mass is 374 g/mol. The standard InChI is InChI=1S/C21H34N4O2/c1-20(2)15-26-13-12-25(20)11-10-23-19(22-5)24-17-14-21(3,4)27-18-9-7-6-8-16(17)18/h6-9,17H,10-15H2,1-5H3,(H2,22,23,24). The molecule has 0 saturated carbocycles. The molecular formula is C21H34N4O2. The largest absolute Gasteiger partial charge is 0.487 e. The number of ether oxygens (including phenoxy) is 2. The summed E-state index contributed by atoms with van der Waals surface area (Å²) in [5, 5.41) is 7.07. The van der Waals surface area contributed by atoms with Gasteiger partial charge in [0.25, 0.3) is 0 Å². The molecular weight excluding hydrogens is 340 g/mol. The second-order valence-electron chi connectivity index (χ2n) is 8.65. The first kappa shape index (κ1) is 20.0. The van der Waals surface area contributed by atoms with Crippen molar-refractivity contribution in [3.63, 3.8) is 0 Å². The van der Waals surface area contributed by atoms with Gasteiger partial charge in [-0.15, -0.1) is 0 Å². The number of morpholine rings is 1. The second-order valence-corrected chi connectivity index (χ2v) is 8.65. The third kappa shape index (κ3) is 4.93. The molecule has 1 atom stereocenters. The van der Waals surface area contributed by atoms with E-state index in [1.165, 1.54) is 5.56 Å². The van der Waals surface area contributed by atoms with E-state index in [-0.39, 0.29) is 17.2 Å². The molecule has 3 rings (SSSR count). The minimum atomic E-state index is -0.206. The lowest BCUT2D eigenvalue weighted by molar-refractivity contribution is -0.0496. The highest BCUT2D eigenvalue weighted by Gasteiger charge is 2.34. The average molecular weight is 375 g/mol. The summed E-state index contributed by atoms with van der Waals surface area (Å²) in [4.78, 5) is 6.91. The fourth-order valence-corrected chi connectivity index (χ4v) is 3.91. The van der Waals surface area contributed by atoms with E-state index < -0.39 is 0 Å². The highest BCUT2D eigenvalue weighted by atomic mass is 16.5. The number of hydrogen-bond acceptors (Lipinski definition) is 4. The molecule has 1 fully saturated rings. The minimum Gasteiger partial charge on any atom is -0.487 e. The zero-order valence-corrected chi connectivity index (χ0v) is 17.3. The molecule has 1 aromatic carbocycles. The van der Waals surface area contributed by atoms with Crippen LogP contribution in [0.3, 0.4) is 0 Å². The quantitative estimate of drug-likeness (QED) is 0.627. The Labute approximate surface area is 163 Å². The van der Waals surface area contributed by atoms with Gasteiger partial charge in [-0.05, 0) is 33.8 Å². The van der Waals surface area contributed by atoms with Crippen molar-refractivity contribution in [2.45, 2.75) is 51.3 Å². The van der Waals surface area contributed by atoms with Crippen LogP contribution in [0.1, 0.15) is 45.7 Å². The molecule has 0 spiro atoms. The molecule has 2 aliphatic rings. The molecule has 0 bridgehead atoms. The van der Waals surface area contributed by atoms with Crippen molar-refractivity contribution in [2.75, 3.05) is 39.9 Å². The zero-order chi connectivity index (χ0) is 19.5. The van der Waals surface area contributed by atoms with Crippen LogP contribution in [-0.4, -0.2) is 61.9 Å². The Morgan fingerprint density at radius 1 is 1.26 bits per heavy atom. The van der Waals surface area contributed by atoms with Crippen LogP contribution in [0.4, 0.5) is 0 Å². The lowest BCUT2D eigenvalue weighted by atomic mass is 9.90. The van der Waals surface area contributed by atoms with Crippen molar-refractivity contribution in [1.82, 2.24) is 15.5 Å². The van der Waals surface area contributed by atoms with Gasteiger partial charge in [0.15, 0.2) is 5.96 Å². The van der Waals surface area contributed by atoms with Crippen LogP contribution in [0.2, 0.25) is 0 Å². The van der Waals surface area contributed by atoms with E-state index in [2.05, 4.69) is 60.4 Å². The van der Waals surface area contributed by atoms with Crippen LogP contribution in [-0.2, 0) is 4.74 Å². The number of hydrogen-bond donors (Lipinski definition) is 2. The Morgan fingerprint density at radius 2 is 2.04 bits per heavy atom. The number of nitrogens with one attached hydrogen (secondary N) is 2. The van der Waals surface area contributed by atoms with Gasteiger partial charge < -0.3 is 20.1 Å². The number of nitrogens with zero attached hydrogens (tertiary/aromatic N) is 2. The fourth-order valence-electron chi connectivity index (χ4n) is 3.91. The number of benzene rings is 1. The van der Waals surface area contributed by atoms with Gasteiger partial charge in [0.1, 0.15) is 11.4 Å². The van der Waals surface area contributed by atoms with Gasteiger partial charge in [-0.3, -0.25) is 9.89 Å². The van der Waals surface area contributed by atoms with Crippen LogP contribution in [0.5, 0.6) is 5.75 Å². The number of fused-ring (bicyclic) bond motifs is 1. The molecule has 0 aromatic heterocycles. The van der Waals surface area contributed by atoms with E-state index in [0.717, 1.165) is 51.0 Å². The van der Waals surface area contributed by atoms with Gasteiger partial charge in [0.2, 0.25) is 0 Å². The first-order valence-electron chi connectivity index (χ1n) is 9.89. The molecule has 6 heteroatoms. The molecule has 27 heavy (non-hydrogen) atoms. The summed E-state index contributed by atoms with van der Waals surface area (Å²) in [6, 6.07) is 8.43. The number of guanidine groups is 1. The fraction of sp³-hybridized carbons (Fsp3) is 0.667. The topological polar surface area (TPSA) is 58.1 Å². The Kier molecular flexibility index (Phi) is 5.96. The van der Waals surface area contributed by atoms with Crippen molar-refractivity contribution in [3.8, 4) is 5.75 Å². The van der Waals surface area contributed by atoms with E-state index in [0.29, 0.717) is 0 Å². The maximum atomic E-state index is 6.13. The van der Waals surface area contributed by atoms with Crippen molar-refractivity contribution in [3.05, 3.63) is 29.8 Å². The maximum Gasteiger partial charge on any atom is 0.191 e. The number of rotatable bonds is 4. The lowest BCUT2D eigenvalue weighted by Crippen LogP contribution is -2.55. The number of para-hydroxylation sites is 1. The summed E-state index contributed by atoms with van der Waals surface area (Å²) in [7, 11) is 1.82. The summed E-state index contributed by atoms with van der Waals surface area (Å²) in [6.45, 7) is 13.1. The summed E-state index contributed by atoms with van der Waals surface area (Å²) in [5.41, 5.74) is 1.07. The van der Waals surface area contributed by atoms with E-state index >= 15 is 0 Å². The Balaban J connectivity index is 1.59. The van der Waals surface area contributed by atoms with Crippen LogP contribution in [0, 0.1) is 0 Å². The van der Waals surface area contributed by atoms with Gasteiger partial charge in [-0.1, -0.05) is 18.2 Å². The van der Waals surface area contributed by atoms with Crippen molar-refractivity contribution in [2.24, 2.45) is 4.99 Å². The summed E-state index contributed by atoms with van der Waals surface area (Å²) in [6.07, 6.45) is 0.890. The molecule has 2 aliphatic heterocycles. The number of aliphatic imine (C=N–C) groups is 1. The van der Waals surface area contributed by atoms with Gasteiger partial charge >= 0.3 is 0 Å². The first-order chi connectivity index (χ1) is 12.8. The SMILES string of the molecule is CN=C(NCCN1CCOCC1(C)C)NC1CC(C)(C)Oc2ccccc21. The lowest BCUT2D eigenvalue weighted by Gasteiger charge is -2.42. The predicted octanol–water partition coefficient (Wildman–Crippen LogP) is 2.56. The molecule has 0 amide bonds. The summed E-state index contributed by atoms with van der Waals surface area (Å²) in [5.74, 6) is 1.79. The Morgan fingerprint density at radius 3 is 2.78 bits per heavy atom. The third-order valence-corrected chi connectivity index (χ3v) is 5.40. The van der Waals surface area contributed by atoms with Crippen LogP contribution >= 0.6 is 0 Å². The van der Waals surface area contributed by atoms with E-state index in [9.17, 15) is 0 Å². The smallest absolute Gasteiger partial charge is 0.191 e. The third-order valence-electron chi connectivity index (χ3n) is 5.40. The van der Waals surface area contributed by atoms with Crippen LogP contribution in [0.15, 0.2) is 29.3 Å². The molecule has 150 valence electrons. The molecule has 0 radical (unpaired) electrons. The van der Waals surface area contributed by atoms with Gasteiger partial charge in [0.05, 0.1) is 19.3 Å². The van der Waals surface area contributed by atoms with Gasteiger partial charge in [-0.25, -0.2) is 0 Å². The van der Waals surface area contributed by atoms with E-state index in [1.54, 1.807) is 0 Å². The first-order valence-corrected chi connectivity index (χ1v) is 9.89. The maximum absolute atomic E-state index is 6.13. The molecule has 2 N–H and O–H groups in total. The van der Waals surface area contributed by atoms with Gasteiger partial charge in [-0.2, -0.15) is 0 Å². The minimum absolute atomic E-state index is 0.0839. The van der Waals surface area contributed by atoms with Crippen LogP contribution < -0.4 is 15.4 Å².